The molecule has 0 saturated heterocycles. The Morgan fingerprint density at radius 1 is 1.02 bits per heavy atom. The summed E-state index contributed by atoms with van der Waals surface area (Å²) >= 11 is 0. The topological polar surface area (TPSA) is 85.6 Å². The highest BCUT2D eigenvalue weighted by Gasteiger charge is 2.23. The van der Waals surface area contributed by atoms with Crippen molar-refractivity contribution in [1.29, 1.82) is 0 Å². The monoisotopic (exact) mass is 544 g/mol. The fourth-order valence-corrected chi connectivity index (χ4v) is 4.66. The Bertz CT molecular complexity index is 1460. The summed E-state index contributed by atoms with van der Waals surface area (Å²) in [6.07, 6.45) is 0.0254. The van der Waals surface area contributed by atoms with E-state index in [9.17, 15) is 4.79 Å². The van der Waals surface area contributed by atoms with Crippen LogP contribution in [0.3, 0.4) is 0 Å². The van der Waals surface area contributed by atoms with Crippen molar-refractivity contribution in [3.05, 3.63) is 71.5 Å². The molecule has 2 aromatic carbocycles. The van der Waals surface area contributed by atoms with Crippen LogP contribution in [0.5, 0.6) is 5.75 Å². The van der Waals surface area contributed by atoms with Gasteiger partial charge in [0.25, 0.3) is 0 Å². The average Bonchev–Trinajstić information content (AvgIpc) is 3.25. The van der Waals surface area contributed by atoms with E-state index in [0.29, 0.717) is 25.3 Å². The van der Waals surface area contributed by atoms with Crippen LogP contribution in [0.1, 0.15) is 57.2 Å². The highest BCUT2D eigenvalue weighted by atomic mass is 16.6. The van der Waals surface area contributed by atoms with Crippen LogP contribution in [-0.4, -0.2) is 63.8 Å². The van der Waals surface area contributed by atoms with Crippen LogP contribution in [0.4, 0.5) is 10.6 Å². The molecule has 0 aliphatic carbocycles. The predicted octanol–water partition coefficient (Wildman–Crippen LogP) is 6.27. The Morgan fingerprint density at radius 2 is 1.75 bits per heavy atom. The van der Waals surface area contributed by atoms with Gasteiger partial charge in [0.05, 0.1) is 22.5 Å². The van der Waals surface area contributed by atoms with E-state index in [1.54, 1.807) is 4.90 Å². The van der Waals surface area contributed by atoms with E-state index in [-0.39, 0.29) is 12.2 Å². The summed E-state index contributed by atoms with van der Waals surface area (Å²) in [5, 5.41) is 14.6. The van der Waals surface area contributed by atoms with Crippen molar-refractivity contribution in [1.82, 2.24) is 24.9 Å². The van der Waals surface area contributed by atoms with Gasteiger partial charge >= 0.3 is 6.09 Å². The maximum atomic E-state index is 12.7. The number of ether oxygens (including phenoxy) is 2. The molecule has 1 amide bonds. The highest BCUT2D eigenvalue weighted by molar-refractivity contribution is 5.92. The number of amides is 1. The van der Waals surface area contributed by atoms with Crippen molar-refractivity contribution in [3.8, 4) is 11.4 Å². The van der Waals surface area contributed by atoms with Gasteiger partial charge in [0.15, 0.2) is 5.82 Å². The van der Waals surface area contributed by atoms with E-state index in [2.05, 4.69) is 10.2 Å². The Labute approximate surface area is 236 Å². The molecule has 40 heavy (non-hydrogen) atoms. The SMILES string of the molecule is CCN(CCC(Oc1cccc(-n2nc3c(N(C)C)nnc(C)c3c2C)c1)c1ccccc1)C(=O)OC(C)(C)C. The maximum Gasteiger partial charge on any atom is 0.410 e. The van der Waals surface area contributed by atoms with Gasteiger partial charge in [0.1, 0.15) is 23.0 Å². The standard InChI is InChI=1S/C31H40N6O3/c1-9-36(30(38)40-31(4,5)6)19-18-26(23-14-11-10-12-15-23)39-25-17-13-16-24(20-25)37-22(3)27-21(2)32-33-29(35(7)8)28(27)34-37/h10-17,20,26H,9,18-19H2,1-8H3. The second-order valence-electron chi connectivity index (χ2n) is 11.1. The Kier molecular flexibility index (Phi) is 8.61. The predicted molar refractivity (Wildman–Crippen MR) is 158 cm³/mol. The Morgan fingerprint density at radius 3 is 2.40 bits per heavy atom. The van der Waals surface area contributed by atoms with Crippen LogP contribution in [0.15, 0.2) is 54.6 Å². The van der Waals surface area contributed by atoms with Crippen molar-refractivity contribution < 1.29 is 14.3 Å². The molecule has 0 aliphatic heterocycles. The number of carbonyl (C=O) groups excluding carboxylic acids is 1. The molecule has 9 nitrogen and oxygen atoms in total. The van der Waals surface area contributed by atoms with Gasteiger partial charge in [-0.15, -0.1) is 5.10 Å². The minimum atomic E-state index is -0.548. The lowest BCUT2D eigenvalue weighted by molar-refractivity contribution is 0.0237. The second-order valence-corrected chi connectivity index (χ2v) is 11.1. The number of anilines is 1. The molecular weight excluding hydrogens is 504 g/mol. The van der Waals surface area contributed by atoms with E-state index in [0.717, 1.165) is 39.4 Å². The number of fused-ring (bicyclic) bond motifs is 1. The smallest absolute Gasteiger partial charge is 0.410 e. The van der Waals surface area contributed by atoms with Gasteiger partial charge in [0, 0.05) is 39.7 Å². The molecule has 1 atom stereocenters. The largest absolute Gasteiger partial charge is 0.486 e. The average molecular weight is 545 g/mol. The van der Waals surface area contributed by atoms with Gasteiger partial charge in [-0.05, 0) is 59.2 Å². The summed E-state index contributed by atoms with van der Waals surface area (Å²) < 4.78 is 14.1. The summed E-state index contributed by atoms with van der Waals surface area (Å²) in [7, 11) is 3.88. The molecule has 1 unspecified atom stereocenters. The number of benzene rings is 2. The lowest BCUT2D eigenvalue weighted by atomic mass is 10.1. The van der Waals surface area contributed by atoms with Crippen molar-refractivity contribution >= 4 is 22.8 Å². The van der Waals surface area contributed by atoms with Gasteiger partial charge in [-0.2, -0.15) is 10.2 Å². The maximum absolute atomic E-state index is 12.7. The molecule has 2 heterocycles. The third-order valence-electron chi connectivity index (χ3n) is 6.61. The number of rotatable bonds is 9. The summed E-state index contributed by atoms with van der Waals surface area (Å²) in [6, 6.07) is 18.0. The molecule has 0 N–H and O–H groups in total. The van der Waals surface area contributed by atoms with E-state index >= 15 is 0 Å². The number of hydrogen-bond donors (Lipinski definition) is 0. The number of aryl methyl sites for hydroxylation is 2. The summed E-state index contributed by atoms with van der Waals surface area (Å²) in [4.78, 5) is 16.4. The molecule has 0 spiro atoms. The van der Waals surface area contributed by atoms with E-state index < -0.39 is 5.60 Å². The van der Waals surface area contributed by atoms with E-state index in [1.807, 2.05) is 120 Å². The van der Waals surface area contributed by atoms with Crippen LogP contribution in [0.25, 0.3) is 16.6 Å². The molecular formula is C31H40N6O3. The summed E-state index contributed by atoms with van der Waals surface area (Å²) in [5.41, 5.74) is 4.01. The summed E-state index contributed by atoms with van der Waals surface area (Å²) in [6.45, 7) is 12.6. The molecule has 9 heteroatoms. The van der Waals surface area contributed by atoms with Crippen LogP contribution in [0.2, 0.25) is 0 Å². The fourth-order valence-electron chi connectivity index (χ4n) is 4.66. The highest BCUT2D eigenvalue weighted by Crippen LogP contribution is 2.31. The first-order valence-electron chi connectivity index (χ1n) is 13.7. The van der Waals surface area contributed by atoms with Crippen LogP contribution < -0.4 is 9.64 Å². The summed E-state index contributed by atoms with van der Waals surface area (Å²) in [5.74, 6) is 1.44. The van der Waals surface area contributed by atoms with Gasteiger partial charge in [-0.3, -0.25) is 0 Å². The van der Waals surface area contributed by atoms with Crippen LogP contribution in [0, 0.1) is 13.8 Å². The van der Waals surface area contributed by atoms with Crippen molar-refractivity contribution in [3.63, 3.8) is 0 Å². The number of aromatic nitrogens is 4. The molecule has 0 bridgehead atoms. The number of nitrogens with zero attached hydrogens (tertiary/aromatic N) is 6. The lowest BCUT2D eigenvalue weighted by Gasteiger charge is -2.28. The zero-order valence-corrected chi connectivity index (χ0v) is 24.8. The normalized spacial score (nSPS) is 12.3. The Balaban J connectivity index is 1.62. The zero-order valence-electron chi connectivity index (χ0n) is 24.8. The van der Waals surface area contributed by atoms with Crippen molar-refractivity contribution in [2.45, 2.75) is 59.7 Å². The molecule has 0 aliphatic rings. The van der Waals surface area contributed by atoms with Gasteiger partial charge in [-0.1, -0.05) is 36.4 Å². The first-order chi connectivity index (χ1) is 19.0. The van der Waals surface area contributed by atoms with Crippen LogP contribution >= 0.6 is 0 Å². The molecule has 0 saturated carbocycles. The van der Waals surface area contributed by atoms with E-state index in [4.69, 9.17) is 14.6 Å². The van der Waals surface area contributed by atoms with Gasteiger partial charge in [0.2, 0.25) is 0 Å². The molecule has 212 valence electrons. The third-order valence-corrected chi connectivity index (χ3v) is 6.61. The lowest BCUT2D eigenvalue weighted by Crippen LogP contribution is -2.38. The molecule has 4 aromatic rings. The van der Waals surface area contributed by atoms with Gasteiger partial charge in [-0.25, -0.2) is 9.48 Å². The van der Waals surface area contributed by atoms with Crippen molar-refractivity contribution in [2.24, 2.45) is 0 Å². The van der Waals surface area contributed by atoms with Gasteiger partial charge < -0.3 is 19.3 Å². The zero-order chi connectivity index (χ0) is 29.0. The second kappa shape index (κ2) is 11.9. The quantitative estimate of drug-likeness (QED) is 0.246. The number of carbonyl (C=O) groups is 1. The van der Waals surface area contributed by atoms with E-state index in [1.165, 1.54) is 0 Å². The fraction of sp³-hybridized carbons (Fsp3) is 0.419. The van der Waals surface area contributed by atoms with Crippen LogP contribution in [-0.2, 0) is 4.74 Å². The minimum Gasteiger partial charge on any atom is -0.486 e. The first kappa shape index (κ1) is 28.9. The molecule has 4 rings (SSSR count). The first-order valence-corrected chi connectivity index (χ1v) is 13.7. The third kappa shape index (κ3) is 6.52. The molecule has 2 aromatic heterocycles. The molecule has 0 radical (unpaired) electrons. The number of hydrogen-bond acceptors (Lipinski definition) is 7. The van der Waals surface area contributed by atoms with Crippen molar-refractivity contribution in [2.75, 3.05) is 32.1 Å². The Hall–Kier alpha value is -4.14. The molecule has 0 fully saturated rings. The minimum absolute atomic E-state index is 0.262.